The molecule has 1 fully saturated rings. The molecule has 4 heteroatoms. The molecule has 1 amide bonds. The van der Waals surface area contributed by atoms with E-state index in [1.165, 1.54) is 12.1 Å². The molecule has 0 heterocycles. The molecule has 23 heavy (non-hydrogen) atoms. The summed E-state index contributed by atoms with van der Waals surface area (Å²) in [6.45, 7) is 2.08. The smallest absolute Gasteiger partial charge is 0.230 e. The summed E-state index contributed by atoms with van der Waals surface area (Å²) in [6.07, 6.45) is 0.675. The quantitative estimate of drug-likeness (QED) is 0.891. The van der Waals surface area contributed by atoms with Gasteiger partial charge in [-0.3, -0.25) is 4.79 Å². The number of carbonyl (C=O) groups is 1. The van der Waals surface area contributed by atoms with E-state index in [1.807, 2.05) is 31.2 Å². The van der Waals surface area contributed by atoms with Crippen LogP contribution in [0.4, 0.5) is 4.39 Å². The van der Waals surface area contributed by atoms with Crippen molar-refractivity contribution in [2.45, 2.75) is 31.3 Å². The van der Waals surface area contributed by atoms with Crippen LogP contribution in [0.5, 0.6) is 0 Å². The van der Waals surface area contributed by atoms with Gasteiger partial charge in [-0.25, -0.2) is 4.39 Å². The van der Waals surface area contributed by atoms with Crippen molar-refractivity contribution in [3.05, 3.63) is 71.0 Å². The van der Waals surface area contributed by atoms with Crippen molar-refractivity contribution in [2.24, 2.45) is 0 Å². The maximum atomic E-state index is 13.4. The normalized spacial score (nSPS) is 16.7. The van der Waals surface area contributed by atoms with Gasteiger partial charge in [0, 0.05) is 6.54 Å². The van der Waals surface area contributed by atoms with E-state index in [1.54, 1.807) is 12.1 Å². The first-order valence-electron chi connectivity index (χ1n) is 7.81. The molecule has 2 aromatic carbocycles. The summed E-state index contributed by atoms with van der Waals surface area (Å²) < 4.78 is 13.4. The summed E-state index contributed by atoms with van der Waals surface area (Å²) >= 11 is 0. The number of rotatable bonds is 5. The van der Waals surface area contributed by atoms with Crippen molar-refractivity contribution in [1.29, 1.82) is 0 Å². The van der Waals surface area contributed by atoms with Gasteiger partial charge < -0.3 is 10.4 Å². The molecule has 3 rings (SSSR count). The average molecular weight is 313 g/mol. The molecule has 120 valence electrons. The Morgan fingerprint density at radius 1 is 1.26 bits per heavy atom. The Labute approximate surface area is 135 Å². The number of nitrogens with one attached hydrogen (secondary N) is 1. The molecule has 0 aromatic heterocycles. The molecule has 1 aliphatic carbocycles. The van der Waals surface area contributed by atoms with Gasteiger partial charge in [-0.2, -0.15) is 0 Å². The van der Waals surface area contributed by atoms with E-state index in [-0.39, 0.29) is 18.3 Å². The van der Waals surface area contributed by atoms with Crippen LogP contribution < -0.4 is 5.32 Å². The fraction of sp³-hybridized carbons (Fsp3) is 0.316. The van der Waals surface area contributed by atoms with Gasteiger partial charge >= 0.3 is 0 Å². The van der Waals surface area contributed by atoms with Gasteiger partial charge in [0.25, 0.3) is 0 Å². The Bertz CT molecular complexity index is 725. The fourth-order valence-corrected chi connectivity index (χ4v) is 2.99. The van der Waals surface area contributed by atoms with Crippen LogP contribution in [0.3, 0.4) is 0 Å². The van der Waals surface area contributed by atoms with Gasteiger partial charge in [-0.05, 0) is 48.6 Å². The lowest BCUT2D eigenvalue weighted by atomic mass is 9.94. The highest BCUT2D eigenvalue weighted by atomic mass is 19.1. The highest BCUT2D eigenvalue weighted by molar-refractivity contribution is 5.91. The molecule has 1 aliphatic rings. The summed E-state index contributed by atoms with van der Waals surface area (Å²) in [5.74, 6) is -0.475. The molecule has 2 aromatic rings. The summed E-state index contributed by atoms with van der Waals surface area (Å²) in [4.78, 5) is 12.5. The van der Waals surface area contributed by atoms with E-state index in [0.717, 1.165) is 11.1 Å². The topological polar surface area (TPSA) is 49.3 Å². The lowest BCUT2D eigenvalue weighted by Crippen LogP contribution is -2.37. The van der Waals surface area contributed by atoms with Gasteiger partial charge in [0.05, 0.1) is 11.5 Å². The maximum absolute atomic E-state index is 13.4. The van der Waals surface area contributed by atoms with E-state index < -0.39 is 11.5 Å². The number of aryl methyl sites for hydroxylation is 1. The van der Waals surface area contributed by atoms with E-state index in [2.05, 4.69) is 5.32 Å². The number of hydrogen-bond donors (Lipinski definition) is 2. The first kappa shape index (κ1) is 15.7. The number of aliphatic hydroxyl groups excluding tert-OH is 1. The number of amides is 1. The van der Waals surface area contributed by atoms with Crippen molar-refractivity contribution < 1.29 is 14.3 Å². The van der Waals surface area contributed by atoms with Crippen molar-refractivity contribution in [3.63, 3.8) is 0 Å². The summed E-state index contributed by atoms with van der Waals surface area (Å²) in [5, 5.41) is 13.1. The van der Waals surface area contributed by atoms with Crippen LogP contribution in [0.25, 0.3) is 0 Å². The van der Waals surface area contributed by atoms with Crippen LogP contribution in [-0.4, -0.2) is 17.6 Å². The lowest BCUT2D eigenvalue weighted by molar-refractivity contribution is -0.124. The zero-order valence-corrected chi connectivity index (χ0v) is 13.1. The molecule has 0 spiro atoms. The number of hydrogen-bond acceptors (Lipinski definition) is 2. The number of carbonyl (C=O) groups excluding carboxylic acids is 1. The minimum Gasteiger partial charge on any atom is -0.387 e. The Hall–Kier alpha value is -2.20. The standard InChI is InChI=1S/C19H20FNO2/c1-13-5-2-3-8-16(13)17(22)12-21-18(23)19(9-10-19)14-6-4-7-15(20)11-14/h2-8,11,17,22H,9-10,12H2,1H3,(H,21,23). The predicted octanol–water partition coefficient (Wildman–Crippen LogP) is 3.02. The third-order valence-electron chi connectivity index (χ3n) is 4.57. The number of aliphatic hydroxyl groups is 1. The molecule has 1 atom stereocenters. The molecule has 1 unspecified atom stereocenters. The Kier molecular flexibility index (Phi) is 4.18. The molecule has 1 saturated carbocycles. The second-order valence-electron chi connectivity index (χ2n) is 6.17. The van der Waals surface area contributed by atoms with Gasteiger partial charge in [0.15, 0.2) is 0 Å². The predicted molar refractivity (Wildman–Crippen MR) is 86.5 cm³/mol. The Morgan fingerprint density at radius 2 is 2.00 bits per heavy atom. The fourth-order valence-electron chi connectivity index (χ4n) is 2.99. The third-order valence-corrected chi connectivity index (χ3v) is 4.57. The molecule has 0 aliphatic heterocycles. The van der Waals surface area contributed by atoms with Crippen molar-refractivity contribution in [1.82, 2.24) is 5.32 Å². The average Bonchev–Trinajstić information content (AvgIpc) is 3.34. The Morgan fingerprint density at radius 3 is 2.65 bits per heavy atom. The molecule has 0 saturated heterocycles. The Balaban J connectivity index is 1.67. The van der Waals surface area contributed by atoms with Gasteiger partial charge in [-0.15, -0.1) is 0 Å². The van der Waals surface area contributed by atoms with Crippen LogP contribution in [0.15, 0.2) is 48.5 Å². The van der Waals surface area contributed by atoms with Crippen LogP contribution in [0, 0.1) is 12.7 Å². The number of halogens is 1. The van der Waals surface area contributed by atoms with Crippen LogP contribution in [0.1, 0.15) is 35.6 Å². The monoisotopic (exact) mass is 313 g/mol. The van der Waals surface area contributed by atoms with Crippen molar-refractivity contribution in [3.8, 4) is 0 Å². The van der Waals surface area contributed by atoms with Crippen LogP contribution >= 0.6 is 0 Å². The molecular weight excluding hydrogens is 293 g/mol. The first-order chi connectivity index (χ1) is 11.0. The second kappa shape index (κ2) is 6.13. The molecule has 2 N–H and O–H groups in total. The van der Waals surface area contributed by atoms with E-state index in [0.29, 0.717) is 18.4 Å². The maximum Gasteiger partial charge on any atom is 0.230 e. The van der Waals surface area contributed by atoms with E-state index >= 15 is 0 Å². The van der Waals surface area contributed by atoms with Crippen molar-refractivity contribution in [2.75, 3.05) is 6.54 Å². The van der Waals surface area contributed by atoms with E-state index in [9.17, 15) is 14.3 Å². The second-order valence-corrected chi connectivity index (χ2v) is 6.17. The van der Waals surface area contributed by atoms with Gasteiger partial charge in [0.1, 0.15) is 5.82 Å². The zero-order chi connectivity index (χ0) is 16.4. The largest absolute Gasteiger partial charge is 0.387 e. The van der Waals surface area contributed by atoms with E-state index in [4.69, 9.17) is 0 Å². The third kappa shape index (κ3) is 3.13. The summed E-state index contributed by atoms with van der Waals surface area (Å²) in [6, 6.07) is 13.8. The van der Waals surface area contributed by atoms with Crippen LogP contribution in [0.2, 0.25) is 0 Å². The van der Waals surface area contributed by atoms with Crippen LogP contribution in [-0.2, 0) is 10.2 Å². The minimum atomic E-state index is -0.747. The first-order valence-corrected chi connectivity index (χ1v) is 7.81. The lowest BCUT2D eigenvalue weighted by Gasteiger charge is -2.19. The molecular formula is C19H20FNO2. The molecule has 0 radical (unpaired) electrons. The van der Waals surface area contributed by atoms with Gasteiger partial charge in [-0.1, -0.05) is 36.4 Å². The highest BCUT2D eigenvalue weighted by Gasteiger charge is 2.51. The SMILES string of the molecule is Cc1ccccc1C(O)CNC(=O)C1(c2cccc(F)c2)CC1. The minimum absolute atomic E-state index is 0.143. The van der Waals surface area contributed by atoms with Crippen molar-refractivity contribution >= 4 is 5.91 Å². The number of benzene rings is 2. The highest BCUT2D eigenvalue weighted by Crippen LogP contribution is 2.48. The zero-order valence-electron chi connectivity index (χ0n) is 13.1. The van der Waals surface area contributed by atoms with Gasteiger partial charge in [0.2, 0.25) is 5.91 Å². The summed E-state index contributed by atoms with van der Waals surface area (Å²) in [7, 11) is 0. The summed E-state index contributed by atoms with van der Waals surface area (Å²) in [5.41, 5.74) is 1.87. The molecule has 3 nitrogen and oxygen atoms in total. The molecule has 0 bridgehead atoms.